The number of guanidine groups is 1. The fourth-order valence-electron chi connectivity index (χ4n) is 3.59. The second kappa shape index (κ2) is 9.60. The summed E-state index contributed by atoms with van der Waals surface area (Å²) in [7, 11) is -1.25. The first kappa shape index (κ1) is 20.9. The Hall–Kier alpha value is -1.81. The van der Waals surface area contributed by atoms with Gasteiger partial charge in [-0.25, -0.2) is 8.42 Å². The van der Waals surface area contributed by atoms with E-state index in [2.05, 4.69) is 43.4 Å². The Bertz CT molecular complexity index is 771. The van der Waals surface area contributed by atoms with Gasteiger partial charge in [0.1, 0.15) is 0 Å². The number of amides is 1. The maximum Gasteiger partial charge on any atom is 0.222 e. The van der Waals surface area contributed by atoms with Crippen LogP contribution in [0.3, 0.4) is 0 Å². The van der Waals surface area contributed by atoms with Crippen molar-refractivity contribution in [2.24, 2.45) is 4.99 Å². The summed E-state index contributed by atoms with van der Waals surface area (Å²) >= 11 is 1.77. The van der Waals surface area contributed by atoms with Gasteiger partial charge in [0.15, 0.2) is 15.8 Å². The Morgan fingerprint density at radius 1 is 1.25 bits per heavy atom. The van der Waals surface area contributed by atoms with E-state index in [1.807, 2.05) is 0 Å². The Balaban J connectivity index is 1.33. The highest BCUT2D eigenvalue weighted by Gasteiger charge is 2.28. The van der Waals surface area contributed by atoms with Crippen LogP contribution in [-0.4, -0.2) is 70.6 Å². The van der Waals surface area contributed by atoms with Crippen LogP contribution in [0.4, 0.5) is 5.00 Å². The number of aliphatic imine (C=N–C) groups is 1. The van der Waals surface area contributed by atoms with Crippen LogP contribution >= 0.6 is 11.3 Å². The quantitative estimate of drug-likeness (QED) is 0.453. The van der Waals surface area contributed by atoms with E-state index in [-0.39, 0.29) is 29.9 Å². The summed E-state index contributed by atoms with van der Waals surface area (Å²) < 4.78 is 22.9. The topological polar surface area (TPSA) is 103 Å². The zero-order valence-corrected chi connectivity index (χ0v) is 17.8. The average Bonchev–Trinajstić information content (AvgIpc) is 3.31. The number of nitrogens with zero attached hydrogens (tertiary/aromatic N) is 2. The van der Waals surface area contributed by atoms with Gasteiger partial charge in [-0.15, -0.1) is 11.3 Å². The van der Waals surface area contributed by atoms with E-state index in [4.69, 9.17) is 0 Å². The second-order valence-electron chi connectivity index (χ2n) is 7.27. The zero-order chi connectivity index (χ0) is 20.0. The normalized spacial score (nSPS) is 22.8. The van der Waals surface area contributed by atoms with Crippen molar-refractivity contribution in [2.45, 2.75) is 37.8 Å². The molecule has 1 atom stereocenters. The van der Waals surface area contributed by atoms with Gasteiger partial charge in [0.25, 0.3) is 0 Å². The van der Waals surface area contributed by atoms with Crippen LogP contribution in [0.15, 0.2) is 22.5 Å². The van der Waals surface area contributed by atoms with E-state index in [1.165, 1.54) is 5.00 Å². The van der Waals surface area contributed by atoms with E-state index >= 15 is 0 Å². The van der Waals surface area contributed by atoms with Crippen LogP contribution in [-0.2, 0) is 14.6 Å². The average molecular weight is 428 g/mol. The van der Waals surface area contributed by atoms with E-state index in [0.29, 0.717) is 25.0 Å². The van der Waals surface area contributed by atoms with Gasteiger partial charge in [-0.3, -0.25) is 9.79 Å². The summed E-state index contributed by atoms with van der Waals surface area (Å²) in [5.41, 5.74) is 0. The minimum absolute atomic E-state index is 0.0551. The molecule has 0 radical (unpaired) electrons. The zero-order valence-electron chi connectivity index (χ0n) is 16.2. The van der Waals surface area contributed by atoms with Crippen LogP contribution in [0.25, 0.3) is 0 Å². The van der Waals surface area contributed by atoms with Gasteiger partial charge in [0.2, 0.25) is 5.91 Å². The number of hydrogen-bond donors (Lipinski definition) is 3. The standard InChI is InChI=1S/C18H29N5O3S2/c1-19-18(20-8-4-16(24)21-15-7-12-28(25,26)13-15)22-14-5-9-23(10-6-14)17-3-2-11-27-17/h2-3,11,14-15H,4-10,12-13H2,1H3,(H,21,24)(H2,19,20,22). The smallest absolute Gasteiger partial charge is 0.222 e. The number of piperidine rings is 1. The lowest BCUT2D eigenvalue weighted by atomic mass is 10.1. The molecule has 3 N–H and O–H groups in total. The molecule has 28 heavy (non-hydrogen) atoms. The van der Waals surface area contributed by atoms with Crippen LogP contribution < -0.4 is 20.9 Å². The van der Waals surface area contributed by atoms with Gasteiger partial charge in [-0.05, 0) is 36.8 Å². The predicted octanol–water partition coefficient (Wildman–Crippen LogP) is 0.575. The Morgan fingerprint density at radius 2 is 2.04 bits per heavy atom. The van der Waals surface area contributed by atoms with Gasteiger partial charge in [0.05, 0.1) is 16.5 Å². The largest absolute Gasteiger partial charge is 0.363 e. The van der Waals surface area contributed by atoms with E-state index in [0.717, 1.165) is 25.9 Å². The van der Waals surface area contributed by atoms with Gasteiger partial charge in [-0.1, -0.05) is 0 Å². The number of anilines is 1. The molecule has 2 fully saturated rings. The molecule has 0 aliphatic carbocycles. The van der Waals surface area contributed by atoms with Crippen molar-refractivity contribution in [3.8, 4) is 0 Å². The molecule has 2 saturated heterocycles. The number of carbonyl (C=O) groups is 1. The van der Waals surface area contributed by atoms with E-state index in [9.17, 15) is 13.2 Å². The molecule has 0 bridgehead atoms. The lowest BCUT2D eigenvalue weighted by Gasteiger charge is -2.33. The van der Waals surface area contributed by atoms with Crippen molar-refractivity contribution in [3.05, 3.63) is 17.5 Å². The molecule has 1 unspecified atom stereocenters. The van der Waals surface area contributed by atoms with Crippen molar-refractivity contribution in [2.75, 3.05) is 43.1 Å². The molecule has 0 aromatic carbocycles. The first-order valence-electron chi connectivity index (χ1n) is 9.70. The van der Waals surface area contributed by atoms with Gasteiger partial charge in [0, 0.05) is 45.2 Å². The maximum absolute atomic E-state index is 12.0. The summed E-state index contributed by atoms with van der Waals surface area (Å²) in [5, 5.41) is 12.8. The number of nitrogens with one attached hydrogen (secondary N) is 3. The molecule has 3 rings (SSSR count). The number of rotatable bonds is 6. The molecule has 1 amide bonds. The summed E-state index contributed by atoms with van der Waals surface area (Å²) in [6, 6.07) is 4.35. The van der Waals surface area contributed by atoms with Crippen molar-refractivity contribution in [1.29, 1.82) is 0 Å². The van der Waals surface area contributed by atoms with Crippen molar-refractivity contribution >= 4 is 38.0 Å². The Morgan fingerprint density at radius 3 is 2.64 bits per heavy atom. The highest BCUT2D eigenvalue weighted by molar-refractivity contribution is 7.91. The SMILES string of the molecule is CN=C(NCCC(=O)NC1CCS(=O)(=O)C1)NC1CCN(c2cccs2)CC1. The summed E-state index contributed by atoms with van der Waals surface area (Å²) in [5.74, 6) is 0.789. The Kier molecular flexibility index (Phi) is 7.17. The van der Waals surface area contributed by atoms with Gasteiger partial charge in [-0.2, -0.15) is 0 Å². The highest BCUT2D eigenvalue weighted by atomic mass is 32.2. The third-order valence-corrected chi connectivity index (χ3v) is 7.82. The number of thiophene rings is 1. The third kappa shape index (κ3) is 6.10. The fourth-order valence-corrected chi connectivity index (χ4v) is 6.04. The van der Waals surface area contributed by atoms with Crippen LogP contribution in [0, 0.1) is 0 Å². The molecule has 0 saturated carbocycles. The van der Waals surface area contributed by atoms with Crippen LogP contribution in [0.5, 0.6) is 0 Å². The molecule has 2 aliphatic heterocycles. The molecule has 2 aliphatic rings. The van der Waals surface area contributed by atoms with E-state index in [1.54, 1.807) is 18.4 Å². The molecule has 156 valence electrons. The summed E-state index contributed by atoms with van der Waals surface area (Å²) in [4.78, 5) is 18.7. The van der Waals surface area contributed by atoms with Crippen LogP contribution in [0.1, 0.15) is 25.7 Å². The first-order chi connectivity index (χ1) is 13.4. The number of hydrogen-bond acceptors (Lipinski definition) is 6. The predicted molar refractivity (Wildman–Crippen MR) is 114 cm³/mol. The fraction of sp³-hybridized carbons (Fsp3) is 0.667. The Labute approximate surface area is 170 Å². The molecular weight excluding hydrogens is 398 g/mol. The lowest BCUT2D eigenvalue weighted by molar-refractivity contribution is -0.121. The molecule has 10 heteroatoms. The molecule has 8 nitrogen and oxygen atoms in total. The first-order valence-corrected chi connectivity index (χ1v) is 12.4. The van der Waals surface area contributed by atoms with Crippen molar-refractivity contribution < 1.29 is 13.2 Å². The summed E-state index contributed by atoms with van der Waals surface area (Å²) in [6.45, 7) is 2.49. The molecule has 1 aromatic heterocycles. The van der Waals surface area contributed by atoms with Crippen molar-refractivity contribution in [1.82, 2.24) is 16.0 Å². The maximum atomic E-state index is 12.0. The molecule has 0 spiro atoms. The van der Waals surface area contributed by atoms with Crippen molar-refractivity contribution in [3.63, 3.8) is 0 Å². The summed E-state index contributed by atoms with van der Waals surface area (Å²) in [6.07, 6.45) is 2.87. The number of sulfone groups is 1. The minimum atomic E-state index is -2.98. The monoisotopic (exact) mass is 427 g/mol. The second-order valence-corrected chi connectivity index (χ2v) is 10.4. The highest BCUT2D eigenvalue weighted by Crippen LogP contribution is 2.24. The molecule has 1 aromatic rings. The van der Waals surface area contributed by atoms with Crippen LogP contribution in [0.2, 0.25) is 0 Å². The number of carbonyl (C=O) groups excluding carboxylic acids is 1. The molecular formula is C18H29N5O3S2. The molecule has 3 heterocycles. The third-order valence-electron chi connectivity index (χ3n) is 5.12. The van der Waals surface area contributed by atoms with Gasteiger partial charge >= 0.3 is 0 Å². The van der Waals surface area contributed by atoms with Gasteiger partial charge < -0.3 is 20.9 Å². The lowest BCUT2D eigenvalue weighted by Crippen LogP contribution is -2.49. The van der Waals surface area contributed by atoms with E-state index < -0.39 is 9.84 Å². The minimum Gasteiger partial charge on any atom is -0.363 e.